The number of furan rings is 1. The third kappa shape index (κ3) is 4.38. The number of primary amides is 1. The molecule has 3 N–H and O–H groups in total. The van der Waals surface area contributed by atoms with Gasteiger partial charge in [-0.3, -0.25) is 14.7 Å². The summed E-state index contributed by atoms with van der Waals surface area (Å²) in [7, 11) is 1.75. The van der Waals surface area contributed by atoms with E-state index >= 15 is 0 Å². The number of hydrogen-bond donors (Lipinski definition) is 2. The van der Waals surface area contributed by atoms with Gasteiger partial charge in [-0.1, -0.05) is 5.16 Å². The molecule has 0 aliphatic carbocycles. The highest BCUT2D eigenvalue weighted by Gasteiger charge is 2.20. The lowest BCUT2D eigenvalue weighted by Crippen LogP contribution is -2.52. The molecular formula is C16H22N6O3. The van der Waals surface area contributed by atoms with Crippen LogP contribution in [0.4, 0.5) is 0 Å². The maximum atomic E-state index is 11.1. The highest BCUT2D eigenvalue weighted by atomic mass is 16.5. The minimum Gasteiger partial charge on any atom is -0.454 e. The number of carbonyl (C=O) groups is 1. The molecule has 134 valence electrons. The second-order valence-corrected chi connectivity index (χ2v) is 5.78. The van der Waals surface area contributed by atoms with Crippen molar-refractivity contribution in [2.24, 2.45) is 10.7 Å². The number of amides is 1. The fourth-order valence-corrected chi connectivity index (χ4v) is 2.77. The Morgan fingerprint density at radius 2 is 2.12 bits per heavy atom. The Bertz CT molecular complexity index is 716. The highest BCUT2D eigenvalue weighted by molar-refractivity contribution is 5.89. The Hall–Kier alpha value is -2.81. The van der Waals surface area contributed by atoms with Crippen molar-refractivity contribution in [1.82, 2.24) is 20.3 Å². The van der Waals surface area contributed by atoms with Crippen molar-refractivity contribution in [2.75, 3.05) is 33.2 Å². The lowest BCUT2D eigenvalue weighted by molar-refractivity contribution is 0.0972. The maximum Gasteiger partial charge on any atom is 0.284 e. The molecule has 0 aromatic carbocycles. The van der Waals surface area contributed by atoms with E-state index in [-0.39, 0.29) is 5.76 Å². The molecule has 9 nitrogen and oxygen atoms in total. The van der Waals surface area contributed by atoms with Crippen molar-refractivity contribution < 1.29 is 13.7 Å². The lowest BCUT2D eigenvalue weighted by atomic mass is 10.3. The molecule has 1 aliphatic rings. The van der Waals surface area contributed by atoms with Gasteiger partial charge in [-0.05, 0) is 12.1 Å². The number of piperazine rings is 1. The van der Waals surface area contributed by atoms with E-state index in [0.717, 1.165) is 44.4 Å². The van der Waals surface area contributed by atoms with Crippen LogP contribution in [0.3, 0.4) is 0 Å². The van der Waals surface area contributed by atoms with E-state index in [2.05, 4.69) is 25.3 Å². The normalized spacial score (nSPS) is 16.2. The fraction of sp³-hybridized carbons (Fsp3) is 0.438. The molecule has 0 bridgehead atoms. The molecule has 3 heterocycles. The van der Waals surface area contributed by atoms with Gasteiger partial charge in [0, 0.05) is 45.8 Å². The Morgan fingerprint density at radius 1 is 1.32 bits per heavy atom. The molecule has 9 heteroatoms. The van der Waals surface area contributed by atoms with E-state index in [1.807, 2.05) is 6.07 Å². The number of nitrogens with two attached hydrogens (primary N) is 1. The number of carbonyl (C=O) groups excluding carboxylic acids is 1. The van der Waals surface area contributed by atoms with E-state index in [4.69, 9.17) is 14.7 Å². The molecule has 1 aliphatic heterocycles. The van der Waals surface area contributed by atoms with Crippen LogP contribution < -0.4 is 11.1 Å². The third-order valence-electron chi connectivity index (χ3n) is 4.09. The van der Waals surface area contributed by atoms with E-state index in [1.54, 1.807) is 25.4 Å². The van der Waals surface area contributed by atoms with Gasteiger partial charge in [-0.25, -0.2) is 0 Å². The van der Waals surface area contributed by atoms with Crippen molar-refractivity contribution in [3.8, 4) is 0 Å². The Balaban J connectivity index is 1.48. The molecule has 1 fully saturated rings. The summed E-state index contributed by atoms with van der Waals surface area (Å²) in [6, 6.07) is 5.19. The van der Waals surface area contributed by atoms with Crippen LogP contribution in [-0.4, -0.2) is 60.0 Å². The second-order valence-electron chi connectivity index (χ2n) is 5.78. The predicted octanol–water partition coefficient (Wildman–Crippen LogP) is 0.260. The summed E-state index contributed by atoms with van der Waals surface area (Å²) >= 11 is 0. The van der Waals surface area contributed by atoms with E-state index in [9.17, 15) is 4.79 Å². The molecule has 2 aromatic rings. The molecule has 0 radical (unpaired) electrons. The first kappa shape index (κ1) is 17.0. The van der Waals surface area contributed by atoms with E-state index in [1.165, 1.54) is 0 Å². The van der Waals surface area contributed by atoms with Crippen LogP contribution in [0, 0.1) is 0 Å². The zero-order valence-corrected chi connectivity index (χ0v) is 14.1. The molecule has 1 saturated heterocycles. The molecule has 0 unspecified atom stereocenters. The maximum absolute atomic E-state index is 11.1. The van der Waals surface area contributed by atoms with Crippen LogP contribution in [0.2, 0.25) is 0 Å². The third-order valence-corrected chi connectivity index (χ3v) is 4.09. The second kappa shape index (κ2) is 7.84. The summed E-state index contributed by atoms with van der Waals surface area (Å²) in [5.41, 5.74) is 6.13. The smallest absolute Gasteiger partial charge is 0.284 e. The average Bonchev–Trinajstić information content (AvgIpc) is 3.28. The van der Waals surface area contributed by atoms with Crippen LogP contribution >= 0.6 is 0 Å². The van der Waals surface area contributed by atoms with E-state index in [0.29, 0.717) is 12.3 Å². The van der Waals surface area contributed by atoms with Gasteiger partial charge in [0.2, 0.25) is 0 Å². The van der Waals surface area contributed by atoms with Gasteiger partial charge in [0.25, 0.3) is 5.91 Å². The summed E-state index contributed by atoms with van der Waals surface area (Å²) in [6.45, 7) is 4.79. The molecule has 25 heavy (non-hydrogen) atoms. The van der Waals surface area contributed by atoms with Crippen LogP contribution in [0.25, 0.3) is 0 Å². The van der Waals surface area contributed by atoms with Crippen molar-refractivity contribution >= 4 is 11.9 Å². The summed E-state index contributed by atoms with van der Waals surface area (Å²) < 4.78 is 10.2. The van der Waals surface area contributed by atoms with Crippen molar-refractivity contribution in [1.29, 1.82) is 0 Å². The minimum absolute atomic E-state index is 0.160. The molecule has 2 aromatic heterocycles. The first-order valence-electron chi connectivity index (χ1n) is 8.11. The first-order chi connectivity index (χ1) is 12.2. The number of aliphatic imine (C=N–C) groups is 1. The number of rotatable bonds is 5. The Morgan fingerprint density at radius 3 is 2.72 bits per heavy atom. The van der Waals surface area contributed by atoms with Gasteiger partial charge in [0.05, 0.1) is 12.2 Å². The van der Waals surface area contributed by atoms with Crippen LogP contribution in [0.15, 0.2) is 38.4 Å². The fourth-order valence-electron chi connectivity index (χ4n) is 2.77. The number of hydrogen-bond acceptors (Lipinski definition) is 6. The largest absolute Gasteiger partial charge is 0.454 e. The zero-order valence-electron chi connectivity index (χ0n) is 14.1. The molecular weight excluding hydrogens is 324 g/mol. The topological polar surface area (TPSA) is 113 Å². The van der Waals surface area contributed by atoms with Crippen molar-refractivity contribution in [3.05, 3.63) is 41.7 Å². The summed E-state index contributed by atoms with van der Waals surface area (Å²) in [4.78, 5) is 19.9. The summed E-state index contributed by atoms with van der Waals surface area (Å²) in [5.74, 6) is 1.03. The highest BCUT2D eigenvalue weighted by Crippen LogP contribution is 2.09. The standard InChI is InChI=1S/C16H22N6O3/c1-18-16(19-10-13-2-3-14(25-13)15(17)23)22-7-5-21(6-8-22)11-12-4-9-24-20-12/h2-4,9H,5-8,10-11H2,1H3,(H2,17,23)(H,18,19). The minimum atomic E-state index is -0.570. The van der Waals surface area contributed by atoms with Gasteiger partial charge < -0.3 is 24.9 Å². The molecule has 1 amide bonds. The number of nitrogens with one attached hydrogen (secondary N) is 1. The molecule has 0 saturated carbocycles. The monoisotopic (exact) mass is 346 g/mol. The number of nitrogens with zero attached hydrogens (tertiary/aromatic N) is 4. The van der Waals surface area contributed by atoms with Crippen molar-refractivity contribution in [3.63, 3.8) is 0 Å². The number of aromatic nitrogens is 1. The SMILES string of the molecule is CN=C(NCc1ccc(C(N)=O)o1)N1CCN(Cc2ccon2)CC1. The Labute approximate surface area is 145 Å². The van der Waals surface area contributed by atoms with Crippen LogP contribution in [-0.2, 0) is 13.1 Å². The lowest BCUT2D eigenvalue weighted by Gasteiger charge is -2.36. The average molecular weight is 346 g/mol. The van der Waals surface area contributed by atoms with Gasteiger partial charge in [0.1, 0.15) is 12.0 Å². The van der Waals surface area contributed by atoms with Gasteiger partial charge in [0.15, 0.2) is 11.7 Å². The quantitative estimate of drug-likeness (QED) is 0.590. The van der Waals surface area contributed by atoms with Crippen molar-refractivity contribution in [2.45, 2.75) is 13.1 Å². The molecule has 0 atom stereocenters. The van der Waals surface area contributed by atoms with Gasteiger partial charge >= 0.3 is 0 Å². The van der Waals surface area contributed by atoms with Crippen LogP contribution in [0.5, 0.6) is 0 Å². The summed E-state index contributed by atoms with van der Waals surface area (Å²) in [5, 5.41) is 7.20. The molecule has 0 spiro atoms. The van der Waals surface area contributed by atoms with Gasteiger partial charge in [-0.2, -0.15) is 0 Å². The Kier molecular flexibility index (Phi) is 5.34. The number of guanidine groups is 1. The van der Waals surface area contributed by atoms with Gasteiger partial charge in [-0.15, -0.1) is 0 Å². The predicted molar refractivity (Wildman–Crippen MR) is 90.8 cm³/mol. The van der Waals surface area contributed by atoms with E-state index < -0.39 is 5.91 Å². The molecule has 3 rings (SSSR count). The summed E-state index contributed by atoms with van der Waals surface area (Å²) in [6.07, 6.45) is 1.59. The zero-order chi connectivity index (χ0) is 17.6. The van der Waals surface area contributed by atoms with Crippen LogP contribution in [0.1, 0.15) is 22.0 Å². The first-order valence-corrected chi connectivity index (χ1v) is 8.11.